The predicted octanol–water partition coefficient (Wildman–Crippen LogP) is 1.32. The first-order chi connectivity index (χ1) is 8.22. The number of nitrogens with two attached hydrogens (primary N) is 1. The average molecular weight is 246 g/mol. The van der Waals surface area contributed by atoms with Gasteiger partial charge in [0.25, 0.3) is 5.91 Å². The Kier molecular flexibility index (Phi) is 2.05. The number of benzene rings is 1. The molecule has 0 fully saturated rings. The van der Waals surface area contributed by atoms with E-state index >= 15 is 0 Å². The van der Waals surface area contributed by atoms with Gasteiger partial charge in [-0.15, -0.1) is 11.3 Å². The Hall–Kier alpha value is -2.08. The number of primary amides is 1. The SMILES string of the molecule is NC(=O)C1(c2nccs2)Nc2ccccc2N1. The zero-order valence-corrected chi connectivity index (χ0v) is 9.62. The second kappa shape index (κ2) is 3.46. The Labute approximate surface area is 102 Å². The van der Waals surface area contributed by atoms with Crippen LogP contribution in [0.4, 0.5) is 11.4 Å². The van der Waals surface area contributed by atoms with E-state index in [2.05, 4.69) is 15.6 Å². The van der Waals surface area contributed by atoms with Crippen molar-refractivity contribution in [3.05, 3.63) is 40.8 Å². The van der Waals surface area contributed by atoms with Gasteiger partial charge in [-0.3, -0.25) is 4.79 Å². The van der Waals surface area contributed by atoms with Crippen molar-refractivity contribution in [3.8, 4) is 0 Å². The third-order valence-corrected chi connectivity index (χ3v) is 3.59. The first kappa shape index (κ1) is 10.1. The summed E-state index contributed by atoms with van der Waals surface area (Å²) in [5, 5.41) is 8.65. The molecule has 17 heavy (non-hydrogen) atoms. The van der Waals surface area contributed by atoms with Crippen molar-refractivity contribution in [2.24, 2.45) is 5.73 Å². The second-order valence-electron chi connectivity index (χ2n) is 3.75. The number of hydrogen-bond donors (Lipinski definition) is 3. The number of thiazole rings is 1. The molecule has 0 atom stereocenters. The number of nitrogens with one attached hydrogen (secondary N) is 2. The van der Waals surface area contributed by atoms with E-state index in [0.29, 0.717) is 5.01 Å². The summed E-state index contributed by atoms with van der Waals surface area (Å²) in [6.07, 6.45) is 1.65. The van der Waals surface area contributed by atoms with Gasteiger partial charge < -0.3 is 16.4 Å². The monoisotopic (exact) mass is 246 g/mol. The van der Waals surface area contributed by atoms with Gasteiger partial charge in [0.15, 0.2) is 0 Å². The molecule has 2 heterocycles. The van der Waals surface area contributed by atoms with Gasteiger partial charge in [-0.05, 0) is 12.1 Å². The highest BCUT2D eigenvalue weighted by Crippen LogP contribution is 2.39. The number of hydrogen-bond acceptors (Lipinski definition) is 5. The van der Waals surface area contributed by atoms with E-state index in [-0.39, 0.29) is 0 Å². The van der Waals surface area contributed by atoms with Crippen LogP contribution in [0.2, 0.25) is 0 Å². The average Bonchev–Trinajstić information content (AvgIpc) is 2.96. The van der Waals surface area contributed by atoms with Crippen LogP contribution in [0.5, 0.6) is 0 Å². The first-order valence-corrected chi connectivity index (χ1v) is 5.95. The van der Waals surface area contributed by atoms with Gasteiger partial charge in [0.2, 0.25) is 5.66 Å². The Balaban J connectivity index is 2.10. The number of carbonyl (C=O) groups is 1. The van der Waals surface area contributed by atoms with Crippen molar-refractivity contribution in [1.29, 1.82) is 0 Å². The molecule has 0 saturated heterocycles. The molecule has 0 bridgehead atoms. The molecule has 1 aliphatic rings. The van der Waals surface area contributed by atoms with Crippen molar-refractivity contribution in [2.45, 2.75) is 5.66 Å². The van der Waals surface area contributed by atoms with Crippen LogP contribution in [0.1, 0.15) is 5.01 Å². The van der Waals surface area contributed by atoms with E-state index < -0.39 is 11.6 Å². The zero-order chi connectivity index (χ0) is 11.9. The van der Waals surface area contributed by atoms with Crippen molar-refractivity contribution in [1.82, 2.24) is 4.98 Å². The highest BCUT2D eigenvalue weighted by molar-refractivity contribution is 7.09. The minimum Gasteiger partial charge on any atom is -0.366 e. The van der Waals surface area contributed by atoms with E-state index in [1.165, 1.54) is 11.3 Å². The highest BCUT2D eigenvalue weighted by atomic mass is 32.1. The molecule has 0 spiro atoms. The lowest BCUT2D eigenvalue weighted by Crippen LogP contribution is -2.50. The maximum Gasteiger partial charge on any atom is 0.271 e. The van der Waals surface area contributed by atoms with Gasteiger partial charge in [-0.2, -0.15) is 0 Å². The zero-order valence-electron chi connectivity index (χ0n) is 8.81. The summed E-state index contributed by atoms with van der Waals surface area (Å²) in [6, 6.07) is 7.57. The Morgan fingerprint density at radius 1 is 1.29 bits per heavy atom. The number of nitrogens with zero attached hydrogens (tertiary/aromatic N) is 1. The molecule has 5 nitrogen and oxygen atoms in total. The maximum absolute atomic E-state index is 11.8. The Morgan fingerprint density at radius 2 is 1.94 bits per heavy atom. The third-order valence-electron chi connectivity index (χ3n) is 2.69. The van der Waals surface area contributed by atoms with E-state index in [0.717, 1.165) is 11.4 Å². The summed E-state index contributed by atoms with van der Waals surface area (Å²) in [4.78, 5) is 15.9. The standard InChI is InChI=1S/C11H10N4OS/c12-9(16)11(10-13-5-6-17-10)14-7-3-1-2-4-8(7)15-11/h1-6,14-15H,(H2,12,16). The van der Waals surface area contributed by atoms with Crippen LogP contribution in [-0.2, 0) is 10.5 Å². The summed E-state index contributed by atoms with van der Waals surface area (Å²) >= 11 is 1.38. The van der Waals surface area contributed by atoms with Crippen LogP contribution in [0.15, 0.2) is 35.8 Å². The number of rotatable bonds is 2. The summed E-state index contributed by atoms with van der Waals surface area (Å²) in [5.41, 5.74) is 6.08. The number of carbonyl (C=O) groups excluding carboxylic acids is 1. The fourth-order valence-corrected chi connectivity index (χ4v) is 2.63. The number of para-hydroxylation sites is 2. The number of aromatic nitrogens is 1. The molecule has 0 aliphatic carbocycles. The smallest absolute Gasteiger partial charge is 0.271 e. The van der Waals surface area contributed by atoms with Gasteiger partial charge in [0, 0.05) is 11.6 Å². The van der Waals surface area contributed by atoms with Crippen LogP contribution in [-0.4, -0.2) is 10.9 Å². The topological polar surface area (TPSA) is 80.0 Å². The molecule has 1 aromatic heterocycles. The van der Waals surface area contributed by atoms with E-state index in [9.17, 15) is 4.79 Å². The summed E-state index contributed by atoms with van der Waals surface area (Å²) in [6.45, 7) is 0. The fourth-order valence-electron chi connectivity index (χ4n) is 1.88. The van der Waals surface area contributed by atoms with Crippen LogP contribution in [0.3, 0.4) is 0 Å². The van der Waals surface area contributed by atoms with Crippen molar-refractivity contribution < 1.29 is 4.79 Å². The largest absolute Gasteiger partial charge is 0.366 e. The van der Waals surface area contributed by atoms with E-state index in [4.69, 9.17) is 5.73 Å². The molecule has 1 amide bonds. The first-order valence-electron chi connectivity index (χ1n) is 5.08. The normalized spacial score (nSPS) is 15.8. The van der Waals surface area contributed by atoms with Gasteiger partial charge in [-0.1, -0.05) is 12.1 Å². The Bertz CT molecular complexity index is 542. The van der Waals surface area contributed by atoms with Gasteiger partial charge in [0.05, 0.1) is 11.4 Å². The molecule has 4 N–H and O–H groups in total. The summed E-state index contributed by atoms with van der Waals surface area (Å²) < 4.78 is 0. The van der Waals surface area contributed by atoms with Crippen LogP contribution < -0.4 is 16.4 Å². The summed E-state index contributed by atoms with van der Waals surface area (Å²) in [7, 11) is 0. The Morgan fingerprint density at radius 3 is 2.41 bits per heavy atom. The molecular formula is C11H10N4OS. The van der Waals surface area contributed by atoms with E-state index in [1.807, 2.05) is 29.6 Å². The highest BCUT2D eigenvalue weighted by Gasteiger charge is 2.45. The van der Waals surface area contributed by atoms with Crippen LogP contribution in [0.25, 0.3) is 0 Å². The van der Waals surface area contributed by atoms with Gasteiger partial charge >= 0.3 is 0 Å². The van der Waals surface area contributed by atoms with Crippen molar-refractivity contribution in [2.75, 3.05) is 10.6 Å². The molecular weight excluding hydrogens is 236 g/mol. The van der Waals surface area contributed by atoms with Gasteiger partial charge in [0.1, 0.15) is 5.01 Å². The molecule has 3 rings (SSSR count). The van der Waals surface area contributed by atoms with Gasteiger partial charge in [-0.25, -0.2) is 4.98 Å². The number of amides is 1. The van der Waals surface area contributed by atoms with Crippen LogP contribution >= 0.6 is 11.3 Å². The molecule has 6 heteroatoms. The molecule has 0 saturated carbocycles. The molecule has 0 radical (unpaired) electrons. The minimum absolute atomic E-state index is 0.497. The quantitative estimate of drug-likeness (QED) is 0.746. The maximum atomic E-state index is 11.8. The number of fused-ring (bicyclic) bond motifs is 1. The van der Waals surface area contributed by atoms with Crippen LogP contribution in [0, 0.1) is 0 Å². The molecule has 0 unspecified atom stereocenters. The second-order valence-corrected chi connectivity index (χ2v) is 4.64. The predicted molar refractivity (Wildman–Crippen MR) is 66.7 cm³/mol. The van der Waals surface area contributed by atoms with Crippen molar-refractivity contribution >= 4 is 28.6 Å². The third kappa shape index (κ3) is 1.38. The molecule has 1 aromatic carbocycles. The number of anilines is 2. The lowest BCUT2D eigenvalue weighted by atomic mass is 10.2. The van der Waals surface area contributed by atoms with Crippen molar-refractivity contribution in [3.63, 3.8) is 0 Å². The molecule has 2 aromatic rings. The summed E-state index contributed by atoms with van der Waals surface area (Å²) in [5.74, 6) is -0.497. The molecule has 86 valence electrons. The lowest BCUT2D eigenvalue weighted by Gasteiger charge is -2.24. The van der Waals surface area contributed by atoms with E-state index in [1.54, 1.807) is 6.20 Å². The molecule has 1 aliphatic heterocycles. The lowest BCUT2D eigenvalue weighted by molar-refractivity contribution is -0.121. The fraction of sp³-hybridized carbons (Fsp3) is 0.0909. The minimum atomic E-state index is -1.13.